The molecule has 4 N–H and O–H groups in total. The molecule has 196 valence electrons. The molecule has 0 spiro atoms. The third-order valence-electron chi connectivity index (χ3n) is 6.33. The first kappa shape index (κ1) is 27.4. The highest BCUT2D eigenvalue weighted by molar-refractivity contribution is 9.10. The second-order valence-corrected chi connectivity index (χ2v) is 12.6. The number of sulfonamides is 1. The predicted molar refractivity (Wildman–Crippen MR) is 145 cm³/mol. The summed E-state index contributed by atoms with van der Waals surface area (Å²) in [5, 5.41) is 5.34. The summed E-state index contributed by atoms with van der Waals surface area (Å²) in [4.78, 5) is 25.3. The molecule has 0 bridgehead atoms. The van der Waals surface area contributed by atoms with E-state index in [4.69, 9.17) is 11.6 Å². The van der Waals surface area contributed by atoms with Crippen molar-refractivity contribution in [3.63, 3.8) is 0 Å². The van der Waals surface area contributed by atoms with Gasteiger partial charge in [0, 0.05) is 18.5 Å². The van der Waals surface area contributed by atoms with Crippen molar-refractivity contribution >= 4 is 49.3 Å². The first-order chi connectivity index (χ1) is 17.5. The number of amides is 1. The van der Waals surface area contributed by atoms with Gasteiger partial charge in [0.05, 0.1) is 29.4 Å². The molecule has 1 fully saturated rings. The van der Waals surface area contributed by atoms with Gasteiger partial charge in [-0.15, -0.1) is 0 Å². The van der Waals surface area contributed by atoms with Crippen LogP contribution in [0.4, 0.5) is 5.82 Å². The van der Waals surface area contributed by atoms with E-state index in [1.165, 1.54) is 18.2 Å². The average Bonchev–Trinajstić information content (AvgIpc) is 3.20. The summed E-state index contributed by atoms with van der Waals surface area (Å²) in [5.74, 6) is 0.0678. The van der Waals surface area contributed by atoms with Gasteiger partial charge in [-0.25, -0.2) is 14.7 Å². The van der Waals surface area contributed by atoms with E-state index < -0.39 is 15.9 Å². The maximum absolute atomic E-state index is 13.0. The molecule has 0 saturated carbocycles. The Morgan fingerprint density at radius 3 is 2.68 bits per heavy atom. The number of hydrogen-bond donors (Lipinski definition) is 3. The molecule has 1 aliphatic rings. The Balaban J connectivity index is 1.50. The fraction of sp³-hybridized carbons (Fsp3) is 0.360. The molecule has 3 aromatic rings. The van der Waals surface area contributed by atoms with Crippen molar-refractivity contribution in [2.75, 3.05) is 11.9 Å². The molecule has 4 rings (SSSR count). The van der Waals surface area contributed by atoms with Crippen LogP contribution in [0.15, 0.2) is 64.4 Å². The number of rotatable bonds is 9. The Hall–Kier alpha value is -2.60. The van der Waals surface area contributed by atoms with Crippen molar-refractivity contribution in [2.24, 2.45) is 5.92 Å². The van der Waals surface area contributed by atoms with Crippen LogP contribution in [0, 0.1) is 5.92 Å². The standard InChI is InChI=1S/C25H28BrClN6O3S/c1-25(2)14-16(15-29-25)9-11-19(18-6-3-4-13-28-18)30-21-7-5-8-22(32-21)37(35,36)33-24(34)17-10-12-20(26)31-23(17)27/h3-8,10,12-13,16,19,29H,9,11,14-15H2,1-2H3,(H,30,32)(H,33,34)/p+1. The molecule has 0 aromatic carbocycles. The number of nitrogens with zero attached hydrogens (tertiary/aromatic N) is 3. The van der Waals surface area contributed by atoms with Crippen molar-refractivity contribution in [1.82, 2.24) is 19.7 Å². The summed E-state index contributed by atoms with van der Waals surface area (Å²) < 4.78 is 28.3. The van der Waals surface area contributed by atoms with Gasteiger partial charge < -0.3 is 10.6 Å². The molecule has 12 heteroatoms. The number of aromatic nitrogens is 3. The van der Waals surface area contributed by atoms with Crippen LogP contribution in [-0.4, -0.2) is 41.4 Å². The van der Waals surface area contributed by atoms with Crippen molar-refractivity contribution in [3.05, 3.63) is 75.7 Å². The lowest BCUT2D eigenvalue weighted by molar-refractivity contribution is -0.702. The fourth-order valence-electron chi connectivity index (χ4n) is 4.53. The molecule has 4 heterocycles. The summed E-state index contributed by atoms with van der Waals surface area (Å²) in [7, 11) is -4.26. The first-order valence-electron chi connectivity index (χ1n) is 11.9. The minimum absolute atomic E-state index is 0.0646. The van der Waals surface area contributed by atoms with E-state index in [1.54, 1.807) is 18.3 Å². The third kappa shape index (κ3) is 7.25. The number of carbonyl (C=O) groups is 1. The van der Waals surface area contributed by atoms with Crippen LogP contribution in [0.1, 0.15) is 55.2 Å². The Morgan fingerprint density at radius 1 is 1.19 bits per heavy atom. The largest absolute Gasteiger partial charge is 0.362 e. The van der Waals surface area contributed by atoms with Crippen LogP contribution in [-0.2, 0) is 10.0 Å². The molecule has 1 saturated heterocycles. The lowest BCUT2D eigenvalue weighted by Gasteiger charge is -2.20. The minimum atomic E-state index is -4.26. The van der Waals surface area contributed by atoms with E-state index in [-0.39, 0.29) is 27.3 Å². The van der Waals surface area contributed by atoms with E-state index in [9.17, 15) is 13.2 Å². The number of nitrogens with one attached hydrogen (secondary N) is 2. The molecule has 0 aliphatic carbocycles. The SMILES string of the molecule is CC1(C)CC(CCC(Nc2cccc(S(=O)(=O)NC(=O)c3ccc(Br)nc3Cl)n2)c2ccccn2)C[NH2+]1. The predicted octanol–water partition coefficient (Wildman–Crippen LogP) is 3.70. The third-order valence-corrected chi connectivity index (χ3v) is 8.30. The summed E-state index contributed by atoms with van der Waals surface area (Å²) in [6, 6.07) is 13.1. The molecule has 1 amide bonds. The van der Waals surface area contributed by atoms with Gasteiger partial charge >= 0.3 is 0 Å². The Labute approximate surface area is 230 Å². The molecule has 1 aliphatic heterocycles. The maximum atomic E-state index is 13.0. The van der Waals surface area contributed by atoms with Crippen LogP contribution in [0.2, 0.25) is 5.15 Å². The van der Waals surface area contributed by atoms with E-state index >= 15 is 0 Å². The first-order valence-corrected chi connectivity index (χ1v) is 14.6. The van der Waals surface area contributed by atoms with Crippen molar-refractivity contribution < 1.29 is 18.5 Å². The Morgan fingerprint density at radius 2 is 2.00 bits per heavy atom. The monoisotopic (exact) mass is 607 g/mol. The molecule has 3 aromatic heterocycles. The summed E-state index contributed by atoms with van der Waals surface area (Å²) in [5.41, 5.74) is 1.04. The normalized spacial score (nSPS) is 17.8. The summed E-state index contributed by atoms with van der Waals surface area (Å²) in [6.45, 7) is 5.61. The summed E-state index contributed by atoms with van der Waals surface area (Å²) >= 11 is 9.16. The highest BCUT2D eigenvalue weighted by Gasteiger charge is 2.34. The number of quaternary nitrogens is 1. The van der Waals surface area contributed by atoms with Gasteiger partial charge in [0.25, 0.3) is 15.9 Å². The van der Waals surface area contributed by atoms with Crippen molar-refractivity contribution in [3.8, 4) is 0 Å². The molecule has 0 radical (unpaired) electrons. The Bertz CT molecular complexity index is 1370. The zero-order valence-corrected chi connectivity index (χ0v) is 23.6. The van der Waals surface area contributed by atoms with Crippen LogP contribution in [0.25, 0.3) is 0 Å². The van der Waals surface area contributed by atoms with Gasteiger partial charge in [-0.3, -0.25) is 9.78 Å². The van der Waals surface area contributed by atoms with Crippen molar-refractivity contribution in [2.45, 2.75) is 49.7 Å². The van der Waals surface area contributed by atoms with Crippen LogP contribution >= 0.6 is 27.5 Å². The second-order valence-electron chi connectivity index (χ2n) is 9.80. The smallest absolute Gasteiger partial charge is 0.281 e. The highest BCUT2D eigenvalue weighted by atomic mass is 79.9. The van der Waals surface area contributed by atoms with Crippen LogP contribution in [0.3, 0.4) is 0 Å². The average molecular weight is 609 g/mol. The number of halogens is 2. The molecule has 2 atom stereocenters. The topological polar surface area (TPSA) is 131 Å². The lowest BCUT2D eigenvalue weighted by Crippen LogP contribution is -2.91. The van der Waals surface area contributed by atoms with Gasteiger partial charge in [0.1, 0.15) is 15.6 Å². The summed E-state index contributed by atoms with van der Waals surface area (Å²) in [6.07, 6.45) is 4.70. The van der Waals surface area contributed by atoms with E-state index in [2.05, 4.69) is 55.4 Å². The number of hydrogen-bond acceptors (Lipinski definition) is 7. The van der Waals surface area contributed by atoms with Gasteiger partial charge in [-0.1, -0.05) is 23.7 Å². The quantitative estimate of drug-likeness (QED) is 0.316. The fourth-order valence-corrected chi connectivity index (χ4v) is 6.12. The second kappa shape index (κ2) is 11.4. The van der Waals surface area contributed by atoms with Gasteiger partial charge in [-0.2, -0.15) is 8.42 Å². The van der Waals surface area contributed by atoms with E-state index in [1.807, 2.05) is 22.9 Å². The number of nitrogens with two attached hydrogens (primary N) is 1. The highest BCUT2D eigenvalue weighted by Crippen LogP contribution is 2.28. The van der Waals surface area contributed by atoms with Crippen molar-refractivity contribution in [1.29, 1.82) is 0 Å². The number of pyridine rings is 3. The minimum Gasteiger partial charge on any atom is -0.362 e. The molecule has 37 heavy (non-hydrogen) atoms. The molecular formula is C25H29BrClN6O3S+. The molecule has 9 nitrogen and oxygen atoms in total. The number of carbonyl (C=O) groups excluding carboxylic acids is 1. The molecule has 2 unspecified atom stereocenters. The molecular weight excluding hydrogens is 580 g/mol. The van der Waals surface area contributed by atoms with E-state index in [0.717, 1.165) is 31.5 Å². The van der Waals surface area contributed by atoms with Gasteiger partial charge in [0.15, 0.2) is 5.03 Å². The lowest BCUT2D eigenvalue weighted by atomic mass is 9.91. The van der Waals surface area contributed by atoms with Crippen LogP contribution in [0.5, 0.6) is 0 Å². The van der Waals surface area contributed by atoms with Gasteiger partial charge in [0.2, 0.25) is 0 Å². The van der Waals surface area contributed by atoms with Crippen LogP contribution < -0.4 is 15.4 Å². The van der Waals surface area contributed by atoms with E-state index in [0.29, 0.717) is 16.3 Å². The zero-order valence-electron chi connectivity index (χ0n) is 20.5. The maximum Gasteiger partial charge on any atom is 0.281 e. The number of anilines is 1. The van der Waals surface area contributed by atoms with Gasteiger partial charge in [-0.05, 0) is 79.0 Å². The zero-order chi connectivity index (χ0) is 26.6. The Kier molecular flexibility index (Phi) is 8.47.